The Labute approximate surface area is 148 Å². The number of H-pyrrole nitrogens is 1. The van der Waals surface area contributed by atoms with Gasteiger partial charge in [0.2, 0.25) is 11.8 Å². The van der Waals surface area contributed by atoms with E-state index in [-0.39, 0.29) is 17.2 Å². The molecule has 1 aromatic heterocycles. The smallest absolute Gasteiger partial charge is 0.244 e. The van der Waals surface area contributed by atoms with E-state index in [9.17, 15) is 5.26 Å². The molecule has 0 bridgehead atoms. The third kappa shape index (κ3) is 2.70. The Kier molecular flexibility index (Phi) is 3.84. The number of nitrogens with zero attached hydrogens (tertiary/aromatic N) is 2. The van der Waals surface area contributed by atoms with E-state index in [2.05, 4.69) is 65.7 Å². The molecule has 0 saturated heterocycles. The van der Waals surface area contributed by atoms with Crippen LogP contribution in [0.15, 0.2) is 35.7 Å². The summed E-state index contributed by atoms with van der Waals surface area (Å²) >= 11 is 2.26. The molecule has 2 heterocycles. The molecule has 3 rings (SSSR count). The van der Waals surface area contributed by atoms with Crippen LogP contribution in [0.25, 0.3) is 0 Å². The summed E-state index contributed by atoms with van der Waals surface area (Å²) in [7, 11) is 0. The molecule has 5 nitrogen and oxygen atoms in total. The standard InChI is InChI=1S/C17H17IN4O/c1-17(2,3)14-13-12(9-5-4-6-10(18)7-9)11(8-19)15(20)23-16(13)22-21-14/h4-7,12H,20H2,1-3H3,(H,21,22). The largest absolute Gasteiger partial charge is 0.420 e. The fourth-order valence-electron chi connectivity index (χ4n) is 2.84. The normalized spacial score (nSPS) is 17.4. The van der Waals surface area contributed by atoms with Gasteiger partial charge in [0.05, 0.1) is 11.5 Å². The van der Waals surface area contributed by atoms with Gasteiger partial charge < -0.3 is 10.5 Å². The lowest BCUT2D eigenvalue weighted by molar-refractivity contribution is 0.378. The number of halogens is 1. The van der Waals surface area contributed by atoms with Crippen molar-refractivity contribution >= 4 is 22.6 Å². The molecule has 1 atom stereocenters. The predicted octanol–water partition coefficient (Wildman–Crippen LogP) is 3.53. The fourth-order valence-corrected chi connectivity index (χ4v) is 3.40. The van der Waals surface area contributed by atoms with Crippen LogP contribution in [0.1, 0.15) is 43.5 Å². The zero-order chi connectivity index (χ0) is 16.8. The second kappa shape index (κ2) is 5.57. The van der Waals surface area contributed by atoms with Gasteiger partial charge in [0.15, 0.2) is 0 Å². The van der Waals surface area contributed by atoms with Crippen molar-refractivity contribution < 1.29 is 4.74 Å². The van der Waals surface area contributed by atoms with E-state index >= 15 is 0 Å². The summed E-state index contributed by atoms with van der Waals surface area (Å²) in [5.41, 5.74) is 9.09. The molecule has 0 aliphatic carbocycles. The van der Waals surface area contributed by atoms with Gasteiger partial charge in [0.25, 0.3) is 0 Å². The van der Waals surface area contributed by atoms with Gasteiger partial charge in [0.1, 0.15) is 11.6 Å². The van der Waals surface area contributed by atoms with E-state index < -0.39 is 0 Å². The second-order valence-electron chi connectivity index (χ2n) is 6.55. The number of aromatic nitrogens is 2. The van der Waals surface area contributed by atoms with Crippen LogP contribution in [0, 0.1) is 14.9 Å². The third-order valence-electron chi connectivity index (χ3n) is 3.87. The van der Waals surface area contributed by atoms with Gasteiger partial charge in [-0.2, -0.15) is 5.26 Å². The summed E-state index contributed by atoms with van der Waals surface area (Å²) in [4.78, 5) is 0. The maximum absolute atomic E-state index is 9.62. The highest BCUT2D eigenvalue weighted by atomic mass is 127. The number of ether oxygens (including phenoxy) is 1. The molecule has 0 radical (unpaired) electrons. The highest BCUT2D eigenvalue weighted by Gasteiger charge is 2.37. The van der Waals surface area contributed by atoms with E-state index in [1.54, 1.807) is 0 Å². The Morgan fingerprint density at radius 1 is 1.39 bits per heavy atom. The number of hydrogen-bond donors (Lipinski definition) is 2. The number of benzene rings is 1. The summed E-state index contributed by atoms with van der Waals surface area (Å²) in [5.74, 6) is 0.303. The zero-order valence-electron chi connectivity index (χ0n) is 13.1. The van der Waals surface area contributed by atoms with Gasteiger partial charge in [0, 0.05) is 14.7 Å². The van der Waals surface area contributed by atoms with Crippen molar-refractivity contribution in [3.63, 3.8) is 0 Å². The van der Waals surface area contributed by atoms with Crippen LogP contribution in [0.5, 0.6) is 5.88 Å². The maximum Gasteiger partial charge on any atom is 0.244 e. The minimum Gasteiger partial charge on any atom is -0.420 e. The molecule has 2 aromatic rings. The van der Waals surface area contributed by atoms with Crippen molar-refractivity contribution in [2.24, 2.45) is 5.73 Å². The molecule has 1 aliphatic rings. The van der Waals surface area contributed by atoms with Crippen molar-refractivity contribution in [2.45, 2.75) is 32.1 Å². The first-order valence-electron chi connectivity index (χ1n) is 7.24. The van der Waals surface area contributed by atoms with Crippen molar-refractivity contribution in [1.29, 1.82) is 5.26 Å². The van der Waals surface area contributed by atoms with Crippen LogP contribution in [-0.2, 0) is 5.41 Å². The molecule has 118 valence electrons. The lowest BCUT2D eigenvalue weighted by Gasteiger charge is -2.27. The van der Waals surface area contributed by atoms with Gasteiger partial charge in [-0.05, 0) is 40.3 Å². The lowest BCUT2D eigenvalue weighted by Crippen LogP contribution is -2.23. The Morgan fingerprint density at radius 2 is 2.13 bits per heavy atom. The van der Waals surface area contributed by atoms with Crippen molar-refractivity contribution in [2.75, 3.05) is 0 Å². The highest BCUT2D eigenvalue weighted by molar-refractivity contribution is 14.1. The molecule has 0 fully saturated rings. The Hall–Kier alpha value is -2.01. The van der Waals surface area contributed by atoms with Crippen LogP contribution in [0.2, 0.25) is 0 Å². The number of allylic oxidation sites excluding steroid dienone is 1. The van der Waals surface area contributed by atoms with Gasteiger partial charge >= 0.3 is 0 Å². The quantitative estimate of drug-likeness (QED) is 0.691. The highest BCUT2D eigenvalue weighted by Crippen LogP contribution is 2.45. The number of nitrogens with two attached hydrogens (primary N) is 1. The molecule has 6 heteroatoms. The first-order chi connectivity index (χ1) is 10.8. The minimum absolute atomic E-state index is 0.121. The summed E-state index contributed by atoms with van der Waals surface area (Å²) in [6.45, 7) is 6.29. The number of rotatable bonds is 1. The first kappa shape index (κ1) is 15.9. The molecule has 0 saturated carbocycles. The van der Waals surface area contributed by atoms with Gasteiger partial charge in [-0.15, -0.1) is 5.10 Å². The number of aromatic amines is 1. The predicted molar refractivity (Wildman–Crippen MR) is 95.7 cm³/mol. The molecule has 3 N–H and O–H groups in total. The number of nitriles is 1. The molecule has 1 aromatic carbocycles. The third-order valence-corrected chi connectivity index (χ3v) is 4.54. The fraction of sp³-hybridized carbons (Fsp3) is 0.294. The van der Waals surface area contributed by atoms with E-state index in [4.69, 9.17) is 10.5 Å². The van der Waals surface area contributed by atoms with Crippen LogP contribution in [0.4, 0.5) is 0 Å². The average molecular weight is 420 g/mol. The van der Waals surface area contributed by atoms with E-state index in [1.165, 1.54) is 0 Å². The average Bonchev–Trinajstić information content (AvgIpc) is 2.89. The topological polar surface area (TPSA) is 87.7 Å². The first-order valence-corrected chi connectivity index (χ1v) is 8.32. The number of nitrogens with one attached hydrogen (secondary N) is 1. The number of hydrogen-bond acceptors (Lipinski definition) is 4. The number of fused-ring (bicyclic) bond motifs is 1. The monoisotopic (exact) mass is 420 g/mol. The van der Waals surface area contributed by atoms with Crippen LogP contribution in [0.3, 0.4) is 0 Å². The second-order valence-corrected chi connectivity index (χ2v) is 7.79. The Morgan fingerprint density at radius 3 is 2.74 bits per heavy atom. The lowest BCUT2D eigenvalue weighted by atomic mass is 9.79. The van der Waals surface area contributed by atoms with E-state index in [1.807, 2.05) is 18.2 Å². The van der Waals surface area contributed by atoms with Crippen molar-refractivity contribution in [3.8, 4) is 11.9 Å². The molecule has 0 spiro atoms. The molecule has 0 amide bonds. The van der Waals surface area contributed by atoms with Crippen LogP contribution < -0.4 is 10.5 Å². The zero-order valence-corrected chi connectivity index (χ0v) is 15.3. The molecule has 23 heavy (non-hydrogen) atoms. The van der Waals surface area contributed by atoms with Crippen LogP contribution >= 0.6 is 22.6 Å². The van der Waals surface area contributed by atoms with E-state index in [0.717, 1.165) is 20.4 Å². The molecule has 1 unspecified atom stereocenters. The van der Waals surface area contributed by atoms with Gasteiger partial charge in [-0.3, -0.25) is 5.10 Å². The van der Waals surface area contributed by atoms with E-state index in [0.29, 0.717) is 11.5 Å². The Bertz CT molecular complexity index is 839. The SMILES string of the molecule is CC(C)(C)c1[nH]nc2c1C(c1cccc(I)c1)C(C#N)=C(N)O2. The maximum atomic E-state index is 9.62. The molecular weight excluding hydrogens is 403 g/mol. The van der Waals surface area contributed by atoms with Crippen LogP contribution in [-0.4, -0.2) is 10.2 Å². The molecule has 1 aliphatic heterocycles. The summed E-state index contributed by atoms with van der Waals surface area (Å²) in [6.07, 6.45) is 0. The minimum atomic E-state index is -0.272. The summed E-state index contributed by atoms with van der Waals surface area (Å²) in [6, 6.07) is 10.3. The van der Waals surface area contributed by atoms with Gasteiger partial charge in [-0.25, -0.2) is 0 Å². The molecular formula is C17H17IN4O. The van der Waals surface area contributed by atoms with Crippen molar-refractivity contribution in [1.82, 2.24) is 10.2 Å². The Balaban J connectivity index is 2.28. The summed E-state index contributed by atoms with van der Waals surface area (Å²) in [5, 5.41) is 17.0. The summed E-state index contributed by atoms with van der Waals surface area (Å²) < 4.78 is 6.69. The van der Waals surface area contributed by atoms with Gasteiger partial charge in [-0.1, -0.05) is 32.9 Å². The van der Waals surface area contributed by atoms with Crippen molar-refractivity contribution in [3.05, 3.63) is 56.1 Å².